The van der Waals surface area contributed by atoms with E-state index < -0.39 is 0 Å². The van der Waals surface area contributed by atoms with Gasteiger partial charge in [0.15, 0.2) is 0 Å². The van der Waals surface area contributed by atoms with Crippen molar-refractivity contribution >= 4 is 21.4 Å². The second-order valence-corrected chi connectivity index (χ2v) is 4.51. The molecular formula is C12H15NS. The van der Waals surface area contributed by atoms with Gasteiger partial charge in [0.1, 0.15) is 0 Å². The fourth-order valence-corrected chi connectivity index (χ4v) is 2.82. The first-order chi connectivity index (χ1) is 6.83. The van der Waals surface area contributed by atoms with Crippen LogP contribution in [0.4, 0.5) is 0 Å². The maximum absolute atomic E-state index is 5.54. The van der Waals surface area contributed by atoms with Gasteiger partial charge in [-0.2, -0.15) is 0 Å². The molecule has 74 valence electrons. The molecule has 1 aromatic heterocycles. The number of benzene rings is 1. The molecule has 2 rings (SSSR count). The van der Waals surface area contributed by atoms with Gasteiger partial charge < -0.3 is 5.73 Å². The van der Waals surface area contributed by atoms with Gasteiger partial charge in [0.2, 0.25) is 0 Å². The van der Waals surface area contributed by atoms with E-state index in [-0.39, 0.29) is 0 Å². The molecule has 0 saturated carbocycles. The summed E-state index contributed by atoms with van der Waals surface area (Å²) in [6.07, 6.45) is 2.18. The second kappa shape index (κ2) is 4.11. The first kappa shape index (κ1) is 9.69. The molecule has 1 nitrogen and oxygen atoms in total. The predicted molar refractivity (Wildman–Crippen MR) is 63.9 cm³/mol. The second-order valence-electron chi connectivity index (χ2n) is 3.60. The zero-order valence-electron chi connectivity index (χ0n) is 8.42. The van der Waals surface area contributed by atoms with E-state index >= 15 is 0 Å². The quantitative estimate of drug-likeness (QED) is 0.818. The van der Waals surface area contributed by atoms with Crippen molar-refractivity contribution < 1.29 is 0 Å². The van der Waals surface area contributed by atoms with Crippen LogP contribution < -0.4 is 5.73 Å². The van der Waals surface area contributed by atoms with Crippen molar-refractivity contribution in [2.75, 3.05) is 6.54 Å². The SMILES string of the molecule is Cc1csc2cccc(CCCN)c12. The summed E-state index contributed by atoms with van der Waals surface area (Å²) in [6.45, 7) is 2.96. The van der Waals surface area contributed by atoms with E-state index in [4.69, 9.17) is 5.73 Å². The monoisotopic (exact) mass is 205 g/mol. The summed E-state index contributed by atoms with van der Waals surface area (Å²) in [6, 6.07) is 6.56. The average molecular weight is 205 g/mol. The molecule has 2 N–H and O–H groups in total. The molecule has 0 spiro atoms. The highest BCUT2D eigenvalue weighted by Gasteiger charge is 2.04. The van der Waals surface area contributed by atoms with Crippen LogP contribution >= 0.6 is 11.3 Å². The first-order valence-electron chi connectivity index (χ1n) is 4.98. The smallest absolute Gasteiger partial charge is 0.0348 e. The molecule has 1 heterocycles. The van der Waals surface area contributed by atoms with Crippen molar-refractivity contribution in [2.24, 2.45) is 5.73 Å². The Kier molecular flexibility index (Phi) is 2.85. The summed E-state index contributed by atoms with van der Waals surface area (Å²) >= 11 is 1.83. The topological polar surface area (TPSA) is 26.0 Å². The molecule has 1 aromatic carbocycles. The summed E-state index contributed by atoms with van der Waals surface area (Å²) in [5, 5.41) is 3.68. The molecule has 0 unspecified atom stereocenters. The lowest BCUT2D eigenvalue weighted by Crippen LogP contribution is -2.00. The molecule has 0 fully saturated rings. The number of fused-ring (bicyclic) bond motifs is 1. The Balaban J connectivity index is 2.46. The van der Waals surface area contributed by atoms with Crippen LogP contribution in [0.2, 0.25) is 0 Å². The van der Waals surface area contributed by atoms with Crippen molar-refractivity contribution in [1.29, 1.82) is 0 Å². The molecule has 0 atom stereocenters. The highest BCUT2D eigenvalue weighted by Crippen LogP contribution is 2.28. The van der Waals surface area contributed by atoms with Gasteiger partial charge in [-0.05, 0) is 54.3 Å². The molecule has 0 bridgehead atoms. The fourth-order valence-electron chi connectivity index (χ4n) is 1.83. The van der Waals surface area contributed by atoms with Crippen LogP contribution in [0.3, 0.4) is 0 Å². The Bertz CT molecular complexity index is 431. The minimum atomic E-state index is 0.777. The fraction of sp³-hybridized carbons (Fsp3) is 0.333. The Hall–Kier alpha value is -0.860. The number of aryl methyl sites for hydroxylation is 2. The van der Waals surface area contributed by atoms with Gasteiger partial charge in [-0.15, -0.1) is 11.3 Å². The number of rotatable bonds is 3. The van der Waals surface area contributed by atoms with Gasteiger partial charge in [-0.25, -0.2) is 0 Å². The molecule has 2 heteroatoms. The normalized spacial score (nSPS) is 11.0. The zero-order valence-corrected chi connectivity index (χ0v) is 9.23. The van der Waals surface area contributed by atoms with E-state index in [1.807, 2.05) is 11.3 Å². The summed E-state index contributed by atoms with van der Waals surface area (Å²) in [4.78, 5) is 0. The van der Waals surface area contributed by atoms with Gasteiger partial charge in [0.25, 0.3) is 0 Å². The van der Waals surface area contributed by atoms with Crippen LogP contribution in [0.1, 0.15) is 17.5 Å². The van der Waals surface area contributed by atoms with Crippen LogP contribution in [0.25, 0.3) is 10.1 Å². The van der Waals surface area contributed by atoms with Crippen molar-refractivity contribution in [3.63, 3.8) is 0 Å². The molecule has 0 aliphatic carbocycles. The Morgan fingerprint density at radius 3 is 3.00 bits per heavy atom. The average Bonchev–Trinajstić information content (AvgIpc) is 2.58. The van der Waals surface area contributed by atoms with Gasteiger partial charge in [0.05, 0.1) is 0 Å². The maximum Gasteiger partial charge on any atom is 0.0348 e. The van der Waals surface area contributed by atoms with Crippen LogP contribution in [-0.2, 0) is 6.42 Å². The van der Waals surface area contributed by atoms with E-state index in [2.05, 4.69) is 30.5 Å². The van der Waals surface area contributed by atoms with Crippen molar-refractivity contribution in [3.8, 4) is 0 Å². The Morgan fingerprint density at radius 1 is 1.36 bits per heavy atom. The number of hydrogen-bond donors (Lipinski definition) is 1. The van der Waals surface area contributed by atoms with Gasteiger partial charge >= 0.3 is 0 Å². The van der Waals surface area contributed by atoms with Gasteiger partial charge in [0, 0.05) is 4.70 Å². The van der Waals surface area contributed by atoms with Crippen LogP contribution in [0.15, 0.2) is 23.6 Å². The predicted octanol–water partition coefficient (Wildman–Crippen LogP) is 3.10. The molecule has 0 saturated heterocycles. The zero-order chi connectivity index (χ0) is 9.97. The third-order valence-corrected chi connectivity index (χ3v) is 3.59. The lowest BCUT2D eigenvalue weighted by Gasteiger charge is -2.03. The first-order valence-corrected chi connectivity index (χ1v) is 5.86. The molecule has 0 amide bonds. The third-order valence-electron chi connectivity index (χ3n) is 2.52. The molecule has 0 radical (unpaired) electrons. The lowest BCUT2D eigenvalue weighted by molar-refractivity contribution is 0.837. The minimum absolute atomic E-state index is 0.777. The molecule has 0 aliphatic heterocycles. The van der Waals surface area contributed by atoms with Gasteiger partial charge in [-0.1, -0.05) is 12.1 Å². The Labute approximate surface area is 88.6 Å². The summed E-state index contributed by atoms with van der Waals surface area (Å²) in [5.41, 5.74) is 8.39. The van der Waals surface area contributed by atoms with Crippen molar-refractivity contribution in [3.05, 3.63) is 34.7 Å². The third kappa shape index (κ3) is 1.68. The van der Waals surface area contributed by atoms with Crippen molar-refractivity contribution in [1.82, 2.24) is 0 Å². The highest BCUT2D eigenvalue weighted by molar-refractivity contribution is 7.17. The van der Waals surface area contributed by atoms with Crippen LogP contribution in [0.5, 0.6) is 0 Å². The number of thiophene rings is 1. The number of hydrogen-bond acceptors (Lipinski definition) is 2. The standard InChI is InChI=1S/C12H15NS/c1-9-8-14-11-6-2-4-10(12(9)11)5-3-7-13/h2,4,6,8H,3,5,7,13H2,1H3. The molecular weight excluding hydrogens is 190 g/mol. The van der Waals surface area contributed by atoms with Crippen LogP contribution in [-0.4, -0.2) is 6.54 Å². The molecule has 0 aliphatic rings. The summed E-state index contributed by atoms with van der Waals surface area (Å²) in [7, 11) is 0. The summed E-state index contributed by atoms with van der Waals surface area (Å²) in [5.74, 6) is 0. The minimum Gasteiger partial charge on any atom is -0.330 e. The van der Waals surface area contributed by atoms with E-state index in [0.29, 0.717) is 0 Å². The van der Waals surface area contributed by atoms with E-state index in [9.17, 15) is 0 Å². The molecule has 14 heavy (non-hydrogen) atoms. The van der Waals surface area contributed by atoms with Crippen molar-refractivity contribution in [2.45, 2.75) is 19.8 Å². The van der Waals surface area contributed by atoms with E-state index in [1.165, 1.54) is 21.2 Å². The lowest BCUT2D eigenvalue weighted by atomic mass is 10.0. The van der Waals surface area contributed by atoms with Crippen LogP contribution in [0, 0.1) is 6.92 Å². The van der Waals surface area contributed by atoms with E-state index in [1.54, 1.807) is 0 Å². The Morgan fingerprint density at radius 2 is 2.21 bits per heavy atom. The van der Waals surface area contributed by atoms with Gasteiger partial charge in [-0.3, -0.25) is 0 Å². The molecule has 2 aromatic rings. The van der Waals surface area contributed by atoms with E-state index in [0.717, 1.165) is 19.4 Å². The number of nitrogens with two attached hydrogens (primary N) is 1. The highest BCUT2D eigenvalue weighted by atomic mass is 32.1. The largest absolute Gasteiger partial charge is 0.330 e. The maximum atomic E-state index is 5.54. The summed E-state index contributed by atoms with van der Waals surface area (Å²) < 4.78 is 1.40.